The molecule has 10 nitrogen and oxygen atoms in total. The SMILES string of the molecule is C=CCCC(=O)NC[C@@H](OC(=O)[C@@H]1[C@H]2C(=O)N(CCCO)[C@H](C(=O)N(CC=C)c3cc(C)ccc3C)[C@]23CC[C@H]1O3)c1ccccc1. The number of allylic oxidation sites excluding steroid dienone is 1. The molecule has 47 heavy (non-hydrogen) atoms. The van der Waals surface area contributed by atoms with E-state index in [-0.39, 0.29) is 56.8 Å². The quantitative estimate of drug-likeness (QED) is 0.223. The number of aliphatic hydroxyl groups excluding tert-OH is 1. The number of amides is 3. The van der Waals surface area contributed by atoms with E-state index in [1.165, 1.54) is 4.90 Å². The number of fused-ring (bicyclic) bond motifs is 1. The van der Waals surface area contributed by atoms with Crippen molar-refractivity contribution < 1.29 is 33.8 Å². The number of ether oxygens (including phenoxy) is 2. The molecule has 0 radical (unpaired) electrons. The molecule has 2 bridgehead atoms. The highest BCUT2D eigenvalue weighted by atomic mass is 16.6. The first-order valence-corrected chi connectivity index (χ1v) is 16.4. The number of carbonyl (C=O) groups is 4. The molecule has 3 fully saturated rings. The second kappa shape index (κ2) is 14.6. The van der Waals surface area contributed by atoms with Gasteiger partial charge in [0.05, 0.1) is 24.5 Å². The van der Waals surface area contributed by atoms with Gasteiger partial charge >= 0.3 is 5.97 Å². The van der Waals surface area contributed by atoms with Crippen molar-refractivity contribution in [3.05, 3.63) is 90.5 Å². The van der Waals surface area contributed by atoms with Crippen LogP contribution in [0.3, 0.4) is 0 Å². The Bertz CT molecular complexity index is 1510. The van der Waals surface area contributed by atoms with Gasteiger partial charge in [0, 0.05) is 31.8 Å². The number of nitrogens with one attached hydrogen (secondary N) is 1. The van der Waals surface area contributed by atoms with Gasteiger partial charge in [-0.3, -0.25) is 19.2 Å². The Morgan fingerprint density at radius 1 is 1.17 bits per heavy atom. The number of esters is 1. The summed E-state index contributed by atoms with van der Waals surface area (Å²) in [6, 6.07) is 14.0. The highest BCUT2D eigenvalue weighted by Crippen LogP contribution is 2.59. The Morgan fingerprint density at radius 2 is 1.94 bits per heavy atom. The highest BCUT2D eigenvalue weighted by Gasteiger charge is 2.75. The number of carbonyl (C=O) groups excluding carboxylic acids is 4. The van der Waals surface area contributed by atoms with Gasteiger partial charge in [-0.15, -0.1) is 13.2 Å². The Labute approximate surface area is 276 Å². The number of anilines is 1. The Morgan fingerprint density at radius 3 is 2.64 bits per heavy atom. The minimum atomic E-state index is -1.23. The van der Waals surface area contributed by atoms with Crippen molar-refractivity contribution in [2.75, 3.05) is 31.1 Å². The maximum Gasteiger partial charge on any atom is 0.313 e. The summed E-state index contributed by atoms with van der Waals surface area (Å²) in [6.45, 7) is 11.7. The molecule has 10 heteroatoms. The fraction of sp³-hybridized carbons (Fsp3) is 0.459. The van der Waals surface area contributed by atoms with E-state index < -0.39 is 41.7 Å². The largest absolute Gasteiger partial charge is 0.455 e. The van der Waals surface area contributed by atoms with Gasteiger partial charge in [0.2, 0.25) is 11.8 Å². The molecular weight excluding hydrogens is 598 g/mol. The summed E-state index contributed by atoms with van der Waals surface area (Å²) in [5.74, 6) is -3.31. The number of likely N-dealkylation sites (tertiary alicyclic amines) is 1. The first-order valence-electron chi connectivity index (χ1n) is 16.4. The van der Waals surface area contributed by atoms with Gasteiger partial charge in [-0.2, -0.15) is 0 Å². The van der Waals surface area contributed by atoms with Crippen LogP contribution in [-0.2, 0) is 28.7 Å². The molecule has 3 amide bonds. The van der Waals surface area contributed by atoms with Crippen molar-refractivity contribution in [1.82, 2.24) is 10.2 Å². The molecule has 2 aromatic carbocycles. The molecule has 2 N–H and O–H groups in total. The number of aryl methyl sites for hydroxylation is 2. The summed E-state index contributed by atoms with van der Waals surface area (Å²) >= 11 is 0. The number of hydrogen-bond donors (Lipinski definition) is 2. The van der Waals surface area contributed by atoms with Crippen molar-refractivity contribution in [3.63, 3.8) is 0 Å². The molecule has 0 saturated carbocycles. The van der Waals surface area contributed by atoms with Gasteiger partial charge in [-0.05, 0) is 62.3 Å². The van der Waals surface area contributed by atoms with Gasteiger partial charge in [0.1, 0.15) is 17.7 Å². The van der Waals surface area contributed by atoms with E-state index in [1.54, 1.807) is 17.1 Å². The van der Waals surface area contributed by atoms with Crippen molar-refractivity contribution in [2.24, 2.45) is 11.8 Å². The summed E-state index contributed by atoms with van der Waals surface area (Å²) < 4.78 is 12.7. The third-order valence-corrected chi connectivity index (χ3v) is 9.59. The third-order valence-electron chi connectivity index (χ3n) is 9.59. The number of benzene rings is 2. The van der Waals surface area contributed by atoms with Gasteiger partial charge < -0.3 is 29.7 Å². The average Bonchev–Trinajstić information content (AvgIpc) is 3.72. The summed E-state index contributed by atoms with van der Waals surface area (Å²) in [6.07, 6.45) is 3.89. The van der Waals surface area contributed by atoms with E-state index in [2.05, 4.69) is 18.5 Å². The maximum atomic E-state index is 14.7. The summed E-state index contributed by atoms with van der Waals surface area (Å²) in [5, 5.41) is 12.6. The molecule has 5 rings (SSSR count). The Balaban J connectivity index is 1.46. The van der Waals surface area contributed by atoms with Gasteiger partial charge in [-0.1, -0.05) is 54.6 Å². The monoisotopic (exact) mass is 643 g/mol. The molecule has 0 aromatic heterocycles. The predicted octanol–water partition coefficient (Wildman–Crippen LogP) is 3.95. The lowest BCUT2D eigenvalue weighted by Gasteiger charge is -2.37. The third kappa shape index (κ3) is 6.62. The van der Waals surface area contributed by atoms with E-state index in [0.717, 1.165) is 11.1 Å². The number of hydrogen-bond acceptors (Lipinski definition) is 7. The molecule has 250 valence electrons. The molecule has 3 heterocycles. The van der Waals surface area contributed by atoms with Gasteiger partial charge in [0.25, 0.3) is 5.91 Å². The zero-order valence-electron chi connectivity index (χ0n) is 27.2. The van der Waals surface area contributed by atoms with Crippen molar-refractivity contribution in [2.45, 2.75) is 69.8 Å². The van der Waals surface area contributed by atoms with E-state index in [4.69, 9.17) is 9.47 Å². The fourth-order valence-corrected chi connectivity index (χ4v) is 7.42. The van der Waals surface area contributed by atoms with Crippen LogP contribution in [-0.4, -0.2) is 77.7 Å². The van der Waals surface area contributed by atoms with Crippen LogP contribution in [0, 0.1) is 25.7 Å². The smallest absolute Gasteiger partial charge is 0.313 e. The van der Waals surface area contributed by atoms with Gasteiger partial charge in [-0.25, -0.2) is 0 Å². The Hall–Kier alpha value is -4.28. The molecule has 3 aliphatic rings. The normalized spacial score (nSPS) is 24.8. The summed E-state index contributed by atoms with van der Waals surface area (Å²) in [4.78, 5) is 58.7. The molecule has 6 atom stereocenters. The molecule has 0 aliphatic carbocycles. The first kappa shape index (κ1) is 34.1. The second-order valence-corrected chi connectivity index (χ2v) is 12.7. The van der Waals surface area contributed by atoms with Crippen LogP contribution in [0.4, 0.5) is 5.69 Å². The van der Waals surface area contributed by atoms with Crippen LogP contribution in [0.5, 0.6) is 0 Å². The van der Waals surface area contributed by atoms with Gasteiger partial charge in [0.15, 0.2) is 0 Å². The van der Waals surface area contributed by atoms with Crippen LogP contribution >= 0.6 is 0 Å². The highest BCUT2D eigenvalue weighted by molar-refractivity contribution is 6.05. The van der Waals surface area contributed by atoms with E-state index in [0.29, 0.717) is 30.5 Å². The van der Waals surface area contributed by atoms with Crippen molar-refractivity contribution in [3.8, 4) is 0 Å². The molecular formula is C37H45N3O7. The molecule has 0 unspecified atom stereocenters. The molecule has 1 spiro atoms. The second-order valence-electron chi connectivity index (χ2n) is 12.7. The van der Waals surface area contributed by atoms with E-state index in [9.17, 15) is 24.3 Å². The minimum Gasteiger partial charge on any atom is -0.455 e. The topological polar surface area (TPSA) is 125 Å². The standard InChI is InChI=1S/C37H45N3O7/c1-5-7-14-30(42)38-23-29(26-12-9-8-10-13-26)46-36(45)31-28-17-18-37(47-28)32(31)34(43)40(20-11-21-41)33(37)35(44)39(19-6-2)27-22-24(3)15-16-25(27)4/h5-6,8-10,12-13,15-16,22,28-29,31-33,41H,1-2,7,11,14,17-21,23H2,3-4H3,(H,38,42)/t28-,29-,31+,32+,33-,37+/m1/s1. The maximum absolute atomic E-state index is 14.7. The molecule has 2 aromatic rings. The van der Waals surface area contributed by atoms with E-state index >= 15 is 0 Å². The lowest BCUT2D eigenvalue weighted by atomic mass is 9.70. The lowest BCUT2D eigenvalue weighted by molar-refractivity contribution is -0.160. The summed E-state index contributed by atoms with van der Waals surface area (Å²) in [7, 11) is 0. The first-order chi connectivity index (χ1) is 22.7. The van der Waals surface area contributed by atoms with Crippen LogP contribution in [0.15, 0.2) is 73.8 Å². The van der Waals surface area contributed by atoms with E-state index in [1.807, 2.05) is 62.4 Å². The van der Waals surface area contributed by atoms with Crippen LogP contribution in [0.1, 0.15) is 54.9 Å². The lowest BCUT2D eigenvalue weighted by Crippen LogP contribution is -2.56. The number of aliphatic hydroxyl groups is 1. The zero-order chi connectivity index (χ0) is 33.7. The summed E-state index contributed by atoms with van der Waals surface area (Å²) in [5.41, 5.74) is 2.07. The molecule has 3 aliphatic heterocycles. The van der Waals surface area contributed by atoms with Crippen molar-refractivity contribution in [1.29, 1.82) is 0 Å². The van der Waals surface area contributed by atoms with Crippen LogP contribution < -0.4 is 10.2 Å². The van der Waals surface area contributed by atoms with Crippen molar-refractivity contribution >= 4 is 29.4 Å². The number of nitrogens with zero attached hydrogens (tertiary/aromatic N) is 2. The Kier molecular flexibility index (Phi) is 10.6. The van der Waals surface area contributed by atoms with Crippen LogP contribution in [0.2, 0.25) is 0 Å². The predicted molar refractivity (Wildman–Crippen MR) is 177 cm³/mol. The van der Waals surface area contributed by atoms with Crippen LogP contribution in [0.25, 0.3) is 0 Å². The molecule has 3 saturated heterocycles. The fourth-order valence-electron chi connectivity index (χ4n) is 7.42. The average molecular weight is 644 g/mol. The minimum absolute atomic E-state index is 0.0593. The number of rotatable bonds is 15. The zero-order valence-corrected chi connectivity index (χ0v) is 27.2.